The van der Waals surface area contributed by atoms with E-state index in [1.807, 2.05) is 44.3 Å². The van der Waals surface area contributed by atoms with Crippen molar-refractivity contribution < 1.29 is 9.53 Å². The van der Waals surface area contributed by atoms with E-state index in [2.05, 4.69) is 46.2 Å². The van der Waals surface area contributed by atoms with Gasteiger partial charge in [-0.15, -0.1) is 0 Å². The van der Waals surface area contributed by atoms with Crippen LogP contribution in [0, 0.1) is 5.92 Å². The number of benzene rings is 2. The van der Waals surface area contributed by atoms with Gasteiger partial charge in [-0.1, -0.05) is 50.2 Å². The number of carbonyl (C=O) groups excluding carboxylic acids is 1. The number of hydrogen-bond donors (Lipinski definition) is 2. The van der Waals surface area contributed by atoms with Crippen molar-refractivity contribution in [3.63, 3.8) is 0 Å². The SMILES string of the molecule is CC(C)C(OC(N)=O)c1ccc(-c2cnc3c(-c4ccc(N5CCN(C)CC5)cc4)cnn3c2N)cc1. The van der Waals surface area contributed by atoms with Crippen LogP contribution in [0.3, 0.4) is 0 Å². The van der Waals surface area contributed by atoms with Crippen molar-refractivity contribution >= 4 is 23.2 Å². The van der Waals surface area contributed by atoms with Crippen LogP contribution in [0.2, 0.25) is 0 Å². The number of fused-ring (bicyclic) bond motifs is 1. The van der Waals surface area contributed by atoms with Gasteiger partial charge in [0.25, 0.3) is 0 Å². The zero-order valence-electron chi connectivity index (χ0n) is 21.5. The highest BCUT2D eigenvalue weighted by atomic mass is 16.6. The van der Waals surface area contributed by atoms with E-state index in [-0.39, 0.29) is 5.92 Å². The van der Waals surface area contributed by atoms with Crippen LogP contribution < -0.4 is 16.4 Å². The molecule has 0 radical (unpaired) electrons. The van der Waals surface area contributed by atoms with Gasteiger partial charge in [0.1, 0.15) is 11.9 Å². The minimum atomic E-state index is -0.787. The van der Waals surface area contributed by atoms with Gasteiger partial charge in [-0.3, -0.25) is 0 Å². The lowest BCUT2D eigenvalue weighted by molar-refractivity contribution is 0.0784. The summed E-state index contributed by atoms with van der Waals surface area (Å²) < 4.78 is 6.98. The van der Waals surface area contributed by atoms with E-state index in [1.165, 1.54) is 5.69 Å². The third-order valence-corrected chi connectivity index (χ3v) is 7.01. The van der Waals surface area contributed by atoms with Crippen molar-refractivity contribution in [2.24, 2.45) is 11.7 Å². The molecule has 192 valence electrons. The van der Waals surface area contributed by atoms with E-state index < -0.39 is 12.2 Å². The zero-order valence-corrected chi connectivity index (χ0v) is 21.5. The van der Waals surface area contributed by atoms with Crippen molar-refractivity contribution in [2.45, 2.75) is 20.0 Å². The Bertz CT molecular complexity index is 1390. The number of piperazine rings is 1. The summed E-state index contributed by atoms with van der Waals surface area (Å²) in [5.74, 6) is 0.589. The van der Waals surface area contributed by atoms with Crippen LogP contribution >= 0.6 is 0 Å². The average Bonchev–Trinajstić information content (AvgIpc) is 3.33. The third kappa shape index (κ3) is 4.95. The molecule has 0 bridgehead atoms. The van der Waals surface area contributed by atoms with Crippen LogP contribution in [0.15, 0.2) is 60.9 Å². The summed E-state index contributed by atoms with van der Waals surface area (Å²) in [6, 6.07) is 16.3. The number of anilines is 2. The molecule has 4 N–H and O–H groups in total. The third-order valence-electron chi connectivity index (χ3n) is 7.01. The summed E-state index contributed by atoms with van der Waals surface area (Å²) in [6.45, 7) is 8.17. The molecule has 3 heterocycles. The molecule has 1 atom stereocenters. The molecule has 1 amide bonds. The van der Waals surface area contributed by atoms with Crippen LogP contribution in [-0.4, -0.2) is 58.8 Å². The lowest BCUT2D eigenvalue weighted by Crippen LogP contribution is -2.44. The Kier molecular flexibility index (Phi) is 6.71. The van der Waals surface area contributed by atoms with E-state index in [4.69, 9.17) is 21.2 Å². The number of likely N-dealkylation sites (N-methyl/N-ethyl adjacent to an activating group) is 1. The smallest absolute Gasteiger partial charge is 0.405 e. The quantitative estimate of drug-likeness (QED) is 0.409. The second-order valence-corrected chi connectivity index (χ2v) is 9.91. The Morgan fingerprint density at radius 3 is 2.16 bits per heavy atom. The maximum Gasteiger partial charge on any atom is 0.405 e. The second kappa shape index (κ2) is 10.1. The number of rotatable bonds is 6. The molecule has 37 heavy (non-hydrogen) atoms. The summed E-state index contributed by atoms with van der Waals surface area (Å²) in [7, 11) is 2.16. The van der Waals surface area contributed by atoms with Gasteiger partial charge < -0.3 is 26.0 Å². The number of hydrogen-bond acceptors (Lipinski definition) is 7. The summed E-state index contributed by atoms with van der Waals surface area (Å²) >= 11 is 0. The van der Waals surface area contributed by atoms with Crippen LogP contribution in [0.5, 0.6) is 0 Å². The standard InChI is InChI=1S/C28H33N7O2/c1-18(2)25(37-28(30)36)21-6-4-19(5-7-21)23-16-31-27-24(17-32-35(27)26(23)29)20-8-10-22(11-9-20)34-14-12-33(3)13-15-34/h4-11,16-18,25H,12-15,29H2,1-3H3,(H2,30,36). The van der Waals surface area contributed by atoms with Crippen LogP contribution in [0.25, 0.3) is 27.9 Å². The molecule has 5 rings (SSSR count). The highest BCUT2D eigenvalue weighted by Crippen LogP contribution is 2.33. The monoisotopic (exact) mass is 499 g/mol. The Morgan fingerprint density at radius 2 is 1.54 bits per heavy atom. The molecule has 9 heteroatoms. The van der Waals surface area contributed by atoms with Gasteiger partial charge in [-0.25, -0.2) is 9.78 Å². The topological polar surface area (TPSA) is 115 Å². The maximum absolute atomic E-state index is 11.3. The molecule has 1 aliphatic rings. The van der Waals surface area contributed by atoms with Gasteiger partial charge in [0.15, 0.2) is 5.65 Å². The molecule has 4 aromatic rings. The summed E-state index contributed by atoms with van der Waals surface area (Å²) in [5, 5.41) is 4.54. The lowest BCUT2D eigenvalue weighted by Gasteiger charge is -2.34. The number of carbonyl (C=O) groups is 1. The van der Waals surface area contributed by atoms with Crippen molar-refractivity contribution in [3.05, 3.63) is 66.5 Å². The molecule has 1 aliphatic heterocycles. The van der Waals surface area contributed by atoms with Crippen molar-refractivity contribution in [2.75, 3.05) is 43.9 Å². The lowest BCUT2D eigenvalue weighted by atomic mass is 9.96. The molecule has 0 aliphatic carbocycles. The number of nitrogens with two attached hydrogens (primary N) is 2. The maximum atomic E-state index is 11.3. The van der Waals surface area contributed by atoms with Gasteiger partial charge >= 0.3 is 6.09 Å². The van der Waals surface area contributed by atoms with E-state index in [1.54, 1.807) is 10.7 Å². The number of primary amides is 1. The molecule has 2 aromatic heterocycles. The van der Waals surface area contributed by atoms with Crippen molar-refractivity contribution in [1.29, 1.82) is 0 Å². The fourth-order valence-corrected chi connectivity index (χ4v) is 4.86. The first kappa shape index (κ1) is 24.6. The molecule has 9 nitrogen and oxygen atoms in total. The first-order valence-electron chi connectivity index (χ1n) is 12.5. The predicted molar refractivity (Wildman–Crippen MR) is 146 cm³/mol. The number of nitrogens with zero attached hydrogens (tertiary/aromatic N) is 5. The Balaban J connectivity index is 1.40. The first-order valence-corrected chi connectivity index (χ1v) is 12.5. The van der Waals surface area contributed by atoms with Gasteiger partial charge in [0.2, 0.25) is 0 Å². The highest BCUT2D eigenvalue weighted by Gasteiger charge is 2.20. The van der Waals surface area contributed by atoms with Gasteiger partial charge in [-0.2, -0.15) is 9.61 Å². The largest absolute Gasteiger partial charge is 0.441 e. The zero-order chi connectivity index (χ0) is 26.1. The van der Waals surface area contributed by atoms with E-state index in [9.17, 15) is 4.79 Å². The van der Waals surface area contributed by atoms with Crippen LogP contribution in [-0.2, 0) is 4.74 Å². The van der Waals surface area contributed by atoms with E-state index >= 15 is 0 Å². The molecule has 1 unspecified atom stereocenters. The summed E-state index contributed by atoms with van der Waals surface area (Å²) in [6.07, 6.45) is 2.39. The number of amides is 1. The number of ether oxygens (including phenoxy) is 1. The fraction of sp³-hybridized carbons (Fsp3) is 0.321. The first-order chi connectivity index (χ1) is 17.8. The normalized spacial score (nSPS) is 15.3. The van der Waals surface area contributed by atoms with Gasteiger partial charge in [0.05, 0.1) is 6.20 Å². The molecule has 1 saturated heterocycles. The molecular weight excluding hydrogens is 466 g/mol. The second-order valence-electron chi connectivity index (χ2n) is 9.91. The van der Waals surface area contributed by atoms with E-state index in [0.717, 1.165) is 54.0 Å². The Morgan fingerprint density at radius 1 is 0.919 bits per heavy atom. The van der Waals surface area contributed by atoms with Crippen molar-refractivity contribution in [3.8, 4) is 22.3 Å². The van der Waals surface area contributed by atoms with Gasteiger partial charge in [-0.05, 0) is 41.8 Å². The minimum absolute atomic E-state index is 0.0829. The minimum Gasteiger partial charge on any atom is -0.441 e. The molecular formula is C28H33N7O2. The summed E-state index contributed by atoms with van der Waals surface area (Å²) in [5.41, 5.74) is 18.3. The van der Waals surface area contributed by atoms with E-state index in [0.29, 0.717) is 11.5 Å². The van der Waals surface area contributed by atoms with Crippen LogP contribution in [0.4, 0.5) is 16.3 Å². The van der Waals surface area contributed by atoms with Crippen LogP contribution in [0.1, 0.15) is 25.5 Å². The fourth-order valence-electron chi connectivity index (χ4n) is 4.86. The summed E-state index contributed by atoms with van der Waals surface area (Å²) in [4.78, 5) is 20.8. The van der Waals surface area contributed by atoms with Crippen molar-refractivity contribution in [1.82, 2.24) is 19.5 Å². The molecule has 0 saturated carbocycles. The Labute approximate surface area is 216 Å². The molecule has 1 fully saturated rings. The molecule has 0 spiro atoms. The number of aromatic nitrogens is 3. The van der Waals surface area contributed by atoms with Gasteiger partial charge in [0, 0.05) is 49.2 Å². The predicted octanol–water partition coefficient (Wildman–Crippen LogP) is 4.19. The average molecular weight is 500 g/mol. The Hall–Kier alpha value is -4.11. The number of nitrogen functional groups attached to an aromatic ring is 1. The molecule has 2 aromatic carbocycles. The highest BCUT2D eigenvalue weighted by molar-refractivity contribution is 5.82.